The predicted octanol–water partition coefficient (Wildman–Crippen LogP) is 1.84. The van der Waals surface area contributed by atoms with Crippen LogP contribution in [0.4, 0.5) is 5.82 Å². The fraction of sp³-hybridized carbons (Fsp3) is 0.778. The SMILES string of the molecule is c1nc2c(c(NC[C@H]3CCN(C4CCCC4)C3)n1)CCNCC2. The van der Waals surface area contributed by atoms with Gasteiger partial charge in [0.15, 0.2) is 0 Å². The third-order valence-electron chi connectivity index (χ3n) is 5.84. The molecule has 1 saturated carbocycles. The fourth-order valence-corrected chi connectivity index (χ4v) is 4.50. The molecule has 23 heavy (non-hydrogen) atoms. The van der Waals surface area contributed by atoms with Crippen molar-refractivity contribution in [1.29, 1.82) is 0 Å². The molecule has 3 heterocycles. The summed E-state index contributed by atoms with van der Waals surface area (Å²) in [6, 6.07) is 0.876. The van der Waals surface area contributed by atoms with E-state index in [4.69, 9.17) is 0 Å². The van der Waals surface area contributed by atoms with Crippen LogP contribution in [-0.4, -0.2) is 53.6 Å². The van der Waals surface area contributed by atoms with Crippen molar-refractivity contribution < 1.29 is 0 Å². The molecule has 2 fully saturated rings. The van der Waals surface area contributed by atoms with E-state index < -0.39 is 0 Å². The highest BCUT2D eigenvalue weighted by Crippen LogP contribution is 2.29. The number of hydrogen-bond donors (Lipinski definition) is 2. The minimum atomic E-state index is 0.769. The highest BCUT2D eigenvalue weighted by atomic mass is 15.2. The quantitative estimate of drug-likeness (QED) is 0.888. The first-order valence-electron chi connectivity index (χ1n) is 9.41. The topological polar surface area (TPSA) is 53.1 Å². The van der Waals surface area contributed by atoms with E-state index in [1.807, 2.05) is 0 Å². The van der Waals surface area contributed by atoms with E-state index in [0.29, 0.717) is 0 Å². The number of aromatic nitrogens is 2. The molecule has 5 heteroatoms. The third kappa shape index (κ3) is 3.50. The number of fused-ring (bicyclic) bond motifs is 1. The number of hydrogen-bond acceptors (Lipinski definition) is 5. The molecule has 1 saturated heterocycles. The molecule has 4 rings (SSSR count). The maximum atomic E-state index is 4.53. The fourth-order valence-electron chi connectivity index (χ4n) is 4.50. The van der Waals surface area contributed by atoms with Gasteiger partial charge in [0.2, 0.25) is 0 Å². The summed E-state index contributed by atoms with van der Waals surface area (Å²) in [5, 5.41) is 7.10. The van der Waals surface area contributed by atoms with Crippen LogP contribution in [0.2, 0.25) is 0 Å². The molecule has 5 nitrogen and oxygen atoms in total. The first kappa shape index (κ1) is 15.3. The molecular formula is C18H29N5. The second-order valence-corrected chi connectivity index (χ2v) is 7.37. The first-order chi connectivity index (χ1) is 11.4. The smallest absolute Gasteiger partial charge is 0.132 e. The highest BCUT2D eigenvalue weighted by Gasteiger charge is 2.29. The Kier molecular flexibility index (Phi) is 4.76. The minimum absolute atomic E-state index is 0.769. The third-order valence-corrected chi connectivity index (χ3v) is 5.84. The molecule has 1 atom stereocenters. The molecule has 0 unspecified atom stereocenters. The van der Waals surface area contributed by atoms with Crippen molar-refractivity contribution in [2.24, 2.45) is 5.92 Å². The Morgan fingerprint density at radius 1 is 1.13 bits per heavy atom. The van der Waals surface area contributed by atoms with Crippen molar-refractivity contribution in [2.45, 2.75) is 51.0 Å². The lowest BCUT2D eigenvalue weighted by molar-refractivity contribution is 0.238. The summed E-state index contributed by atoms with van der Waals surface area (Å²) in [5.41, 5.74) is 2.56. The maximum absolute atomic E-state index is 4.53. The van der Waals surface area contributed by atoms with Gasteiger partial charge in [0.25, 0.3) is 0 Å². The standard InChI is InChI=1S/C18H29N5/c1-2-4-15(3-1)23-10-7-14(12-23)11-20-18-16-5-8-19-9-6-17(16)21-13-22-18/h13-15,19H,1-12H2,(H,20,21,22)/t14-/m1/s1. The Hall–Kier alpha value is -1.20. The van der Waals surface area contributed by atoms with E-state index >= 15 is 0 Å². The van der Waals surface area contributed by atoms with Crippen LogP contribution in [0.15, 0.2) is 6.33 Å². The molecule has 1 aromatic rings. The van der Waals surface area contributed by atoms with Crippen LogP contribution < -0.4 is 10.6 Å². The van der Waals surface area contributed by atoms with E-state index in [2.05, 4.69) is 25.5 Å². The summed E-state index contributed by atoms with van der Waals surface area (Å²) >= 11 is 0. The van der Waals surface area contributed by atoms with E-state index in [9.17, 15) is 0 Å². The summed E-state index contributed by atoms with van der Waals surface area (Å²) in [7, 11) is 0. The lowest BCUT2D eigenvalue weighted by Gasteiger charge is -2.23. The van der Waals surface area contributed by atoms with E-state index in [-0.39, 0.29) is 0 Å². The van der Waals surface area contributed by atoms with E-state index in [1.165, 1.54) is 56.5 Å². The summed E-state index contributed by atoms with van der Waals surface area (Å²) in [5.74, 6) is 1.85. The number of rotatable bonds is 4. The van der Waals surface area contributed by atoms with Crippen molar-refractivity contribution in [3.8, 4) is 0 Å². The molecule has 2 N–H and O–H groups in total. The van der Waals surface area contributed by atoms with Crippen LogP contribution in [0.5, 0.6) is 0 Å². The normalized spacial score (nSPS) is 26.2. The van der Waals surface area contributed by atoms with Crippen molar-refractivity contribution >= 4 is 5.82 Å². The van der Waals surface area contributed by atoms with Gasteiger partial charge in [-0.15, -0.1) is 0 Å². The Labute approximate surface area is 139 Å². The molecule has 0 bridgehead atoms. The molecule has 1 aliphatic carbocycles. The summed E-state index contributed by atoms with van der Waals surface area (Å²) in [6.45, 7) is 5.69. The molecule has 0 aromatic carbocycles. The number of nitrogens with one attached hydrogen (secondary N) is 2. The van der Waals surface area contributed by atoms with Gasteiger partial charge in [0.1, 0.15) is 12.1 Å². The van der Waals surface area contributed by atoms with Gasteiger partial charge in [-0.25, -0.2) is 9.97 Å². The van der Waals surface area contributed by atoms with Crippen molar-refractivity contribution in [3.63, 3.8) is 0 Å². The Bertz CT molecular complexity index is 526. The van der Waals surface area contributed by atoms with Crippen LogP contribution in [0, 0.1) is 5.92 Å². The molecule has 0 amide bonds. The van der Waals surface area contributed by atoms with Crippen LogP contribution in [-0.2, 0) is 12.8 Å². The average molecular weight is 315 g/mol. The second-order valence-electron chi connectivity index (χ2n) is 7.37. The molecule has 0 spiro atoms. The molecule has 0 radical (unpaired) electrons. The second kappa shape index (κ2) is 7.14. The van der Waals surface area contributed by atoms with Crippen molar-refractivity contribution in [3.05, 3.63) is 17.6 Å². The van der Waals surface area contributed by atoms with Gasteiger partial charge in [0.05, 0.1) is 5.69 Å². The minimum Gasteiger partial charge on any atom is -0.369 e. The van der Waals surface area contributed by atoms with Gasteiger partial charge in [0, 0.05) is 37.7 Å². The van der Waals surface area contributed by atoms with Gasteiger partial charge in [-0.05, 0) is 44.7 Å². The predicted molar refractivity (Wildman–Crippen MR) is 92.7 cm³/mol. The Morgan fingerprint density at radius 3 is 2.91 bits per heavy atom. The number of likely N-dealkylation sites (tertiary alicyclic amines) is 1. The zero-order chi connectivity index (χ0) is 15.5. The van der Waals surface area contributed by atoms with E-state index in [1.54, 1.807) is 6.33 Å². The Morgan fingerprint density at radius 2 is 2.00 bits per heavy atom. The van der Waals surface area contributed by atoms with Gasteiger partial charge in [-0.3, -0.25) is 0 Å². The molecule has 2 aliphatic heterocycles. The van der Waals surface area contributed by atoms with Crippen LogP contribution in [0.3, 0.4) is 0 Å². The first-order valence-corrected chi connectivity index (χ1v) is 9.41. The van der Waals surface area contributed by atoms with Crippen molar-refractivity contribution in [2.75, 3.05) is 38.0 Å². The zero-order valence-corrected chi connectivity index (χ0v) is 14.1. The number of anilines is 1. The van der Waals surface area contributed by atoms with Crippen LogP contribution >= 0.6 is 0 Å². The summed E-state index contributed by atoms with van der Waals surface area (Å²) in [4.78, 5) is 11.8. The molecule has 1 aromatic heterocycles. The summed E-state index contributed by atoms with van der Waals surface area (Å²) < 4.78 is 0. The van der Waals surface area contributed by atoms with Crippen molar-refractivity contribution in [1.82, 2.24) is 20.2 Å². The lowest BCUT2D eigenvalue weighted by Crippen LogP contribution is -2.31. The number of nitrogens with zero attached hydrogens (tertiary/aromatic N) is 3. The highest BCUT2D eigenvalue weighted by molar-refractivity contribution is 5.46. The zero-order valence-electron chi connectivity index (χ0n) is 14.1. The van der Waals surface area contributed by atoms with Crippen LogP contribution in [0.1, 0.15) is 43.4 Å². The van der Waals surface area contributed by atoms with E-state index in [0.717, 1.165) is 50.3 Å². The maximum Gasteiger partial charge on any atom is 0.132 e. The van der Waals surface area contributed by atoms with Gasteiger partial charge < -0.3 is 15.5 Å². The van der Waals surface area contributed by atoms with Gasteiger partial charge in [-0.1, -0.05) is 12.8 Å². The molecular weight excluding hydrogens is 286 g/mol. The van der Waals surface area contributed by atoms with Gasteiger partial charge in [-0.2, -0.15) is 0 Å². The van der Waals surface area contributed by atoms with Crippen LogP contribution in [0.25, 0.3) is 0 Å². The summed E-state index contributed by atoms with van der Waals surface area (Å²) in [6.07, 6.45) is 10.8. The van der Waals surface area contributed by atoms with Gasteiger partial charge >= 0.3 is 0 Å². The Balaban J connectivity index is 1.34. The molecule has 3 aliphatic rings. The lowest BCUT2D eigenvalue weighted by atomic mass is 10.1. The molecule has 126 valence electrons. The average Bonchev–Trinajstić information content (AvgIpc) is 3.20. The monoisotopic (exact) mass is 315 g/mol. The largest absolute Gasteiger partial charge is 0.369 e.